The van der Waals surface area contributed by atoms with Gasteiger partial charge in [0.05, 0.1) is 19.8 Å². The van der Waals surface area contributed by atoms with Crippen molar-refractivity contribution in [2.45, 2.75) is 45.6 Å². The van der Waals surface area contributed by atoms with Crippen LogP contribution in [0.5, 0.6) is 0 Å². The van der Waals surface area contributed by atoms with E-state index < -0.39 is 29.6 Å². The first-order valence-corrected chi connectivity index (χ1v) is 10.7. The van der Waals surface area contributed by atoms with Gasteiger partial charge in [-0.25, -0.2) is 4.79 Å². The Labute approximate surface area is 198 Å². The molecule has 2 aromatic rings. The van der Waals surface area contributed by atoms with Gasteiger partial charge in [-0.1, -0.05) is 42.5 Å². The maximum absolute atomic E-state index is 12.7. The lowest BCUT2D eigenvalue weighted by Gasteiger charge is -2.23. The lowest BCUT2D eigenvalue weighted by Crippen LogP contribution is -2.52. The fourth-order valence-corrected chi connectivity index (χ4v) is 2.73. The quantitative estimate of drug-likeness (QED) is 0.432. The molecule has 0 fully saturated rings. The summed E-state index contributed by atoms with van der Waals surface area (Å²) in [7, 11) is 0. The number of nitrogens with zero attached hydrogens (tertiary/aromatic N) is 1. The van der Waals surface area contributed by atoms with Gasteiger partial charge in [-0.2, -0.15) is 0 Å². The molecule has 2 rings (SSSR count). The summed E-state index contributed by atoms with van der Waals surface area (Å²) >= 11 is 0. The highest BCUT2D eigenvalue weighted by molar-refractivity contribution is 5.89. The second-order valence-corrected chi connectivity index (χ2v) is 8.45. The second kappa shape index (κ2) is 13.0. The topological polar surface area (TPSA) is 135 Å². The van der Waals surface area contributed by atoms with E-state index in [9.17, 15) is 19.3 Å². The van der Waals surface area contributed by atoms with Crippen LogP contribution in [-0.2, 0) is 32.2 Å². The normalized spacial score (nSPS) is 11.7. The summed E-state index contributed by atoms with van der Waals surface area (Å²) in [5.41, 5.74) is 1.23. The average Bonchev–Trinajstić information content (AvgIpc) is 2.80. The highest BCUT2D eigenvalue weighted by Gasteiger charge is 2.25. The van der Waals surface area contributed by atoms with Gasteiger partial charge in [0, 0.05) is 6.54 Å². The lowest BCUT2D eigenvalue weighted by molar-refractivity contribution is -0.128. The maximum atomic E-state index is 12.7. The van der Waals surface area contributed by atoms with E-state index in [1.165, 1.54) is 0 Å². The molecule has 0 aliphatic rings. The summed E-state index contributed by atoms with van der Waals surface area (Å²) < 4.78 is 10.8. The molecule has 0 spiro atoms. The van der Waals surface area contributed by atoms with Gasteiger partial charge < -0.3 is 25.4 Å². The van der Waals surface area contributed by atoms with Crippen LogP contribution in [0.2, 0.25) is 0 Å². The number of carbonyl (C=O) groups is 3. The van der Waals surface area contributed by atoms with E-state index in [4.69, 9.17) is 9.47 Å². The molecule has 0 saturated carbocycles. The van der Waals surface area contributed by atoms with Gasteiger partial charge >= 0.3 is 6.09 Å². The predicted octanol–water partition coefficient (Wildman–Crippen LogP) is 2.93. The molecule has 2 aromatic carbocycles. The van der Waals surface area contributed by atoms with Crippen molar-refractivity contribution in [2.75, 3.05) is 13.2 Å². The van der Waals surface area contributed by atoms with Gasteiger partial charge in [0.2, 0.25) is 11.8 Å². The van der Waals surface area contributed by atoms with Crippen LogP contribution in [0.15, 0.2) is 59.8 Å². The molecule has 0 bridgehead atoms. The minimum atomic E-state index is -1.06. The number of rotatable bonds is 11. The Hall–Kier alpha value is -3.79. The molecular formula is C24H30N4O6. The average molecular weight is 471 g/mol. The molecule has 0 aromatic heterocycles. The highest BCUT2D eigenvalue weighted by atomic mass is 16.6. The van der Waals surface area contributed by atoms with Crippen LogP contribution in [0.25, 0.3) is 0 Å². The number of hydrogen-bond donors (Lipinski definition) is 3. The van der Waals surface area contributed by atoms with Crippen molar-refractivity contribution in [2.24, 2.45) is 5.18 Å². The standard InChI is InChI=1S/C24H30N4O6/c1-24(2,3)34-23(31)27-20(16-33-15-18-7-5-4-6-8-18)22(30)26-14-21(29)25-13-17-9-11-19(28-32)12-10-17/h4-12,20H,13-16H2,1-3H3,(H,25,29)(H,26,30)(H,27,31). The van der Waals surface area contributed by atoms with Crippen LogP contribution >= 0.6 is 0 Å². The molecule has 34 heavy (non-hydrogen) atoms. The zero-order valence-electron chi connectivity index (χ0n) is 19.5. The molecule has 0 aliphatic carbocycles. The SMILES string of the molecule is CC(C)(C)OC(=O)NC(COCc1ccccc1)C(=O)NCC(=O)NCc1ccc(N=O)cc1. The summed E-state index contributed by atoms with van der Waals surface area (Å²) in [5, 5.41) is 10.5. The number of benzene rings is 2. The van der Waals surface area contributed by atoms with Crippen molar-refractivity contribution in [1.29, 1.82) is 0 Å². The van der Waals surface area contributed by atoms with Crippen molar-refractivity contribution < 1.29 is 23.9 Å². The molecular weight excluding hydrogens is 440 g/mol. The van der Waals surface area contributed by atoms with E-state index in [0.717, 1.165) is 11.1 Å². The number of alkyl carbamates (subject to hydrolysis) is 1. The molecule has 0 saturated heterocycles. The third-order valence-corrected chi connectivity index (χ3v) is 4.36. The first-order chi connectivity index (χ1) is 16.2. The lowest BCUT2D eigenvalue weighted by atomic mass is 10.2. The van der Waals surface area contributed by atoms with Crippen LogP contribution in [0.3, 0.4) is 0 Å². The largest absolute Gasteiger partial charge is 0.444 e. The van der Waals surface area contributed by atoms with E-state index in [1.807, 2.05) is 30.3 Å². The van der Waals surface area contributed by atoms with Crippen molar-refractivity contribution in [3.8, 4) is 0 Å². The summed E-state index contributed by atoms with van der Waals surface area (Å²) in [6.07, 6.45) is -0.770. The number of nitrogens with one attached hydrogen (secondary N) is 3. The Bertz CT molecular complexity index is 958. The minimum absolute atomic E-state index is 0.112. The zero-order chi connectivity index (χ0) is 25.0. The maximum Gasteiger partial charge on any atom is 0.408 e. The van der Waals surface area contributed by atoms with Crippen molar-refractivity contribution in [1.82, 2.24) is 16.0 Å². The summed E-state index contributed by atoms with van der Waals surface area (Å²) in [4.78, 5) is 47.4. The van der Waals surface area contributed by atoms with Gasteiger partial charge in [0.25, 0.3) is 0 Å². The predicted molar refractivity (Wildman–Crippen MR) is 126 cm³/mol. The monoisotopic (exact) mass is 470 g/mol. The number of ether oxygens (including phenoxy) is 2. The molecule has 0 heterocycles. The molecule has 1 atom stereocenters. The summed E-state index contributed by atoms with van der Waals surface area (Å²) in [5.74, 6) is -1.01. The first-order valence-electron chi connectivity index (χ1n) is 10.7. The Balaban J connectivity index is 1.86. The highest BCUT2D eigenvalue weighted by Crippen LogP contribution is 2.12. The van der Waals surface area contributed by atoms with E-state index in [2.05, 4.69) is 21.1 Å². The van der Waals surface area contributed by atoms with E-state index in [0.29, 0.717) is 5.69 Å². The zero-order valence-corrected chi connectivity index (χ0v) is 19.5. The van der Waals surface area contributed by atoms with Crippen LogP contribution in [-0.4, -0.2) is 42.7 Å². The van der Waals surface area contributed by atoms with E-state index >= 15 is 0 Å². The number of carbonyl (C=O) groups excluding carboxylic acids is 3. The van der Waals surface area contributed by atoms with Crippen molar-refractivity contribution in [3.63, 3.8) is 0 Å². The van der Waals surface area contributed by atoms with E-state index in [1.54, 1.807) is 45.0 Å². The molecule has 0 radical (unpaired) electrons. The molecule has 3 N–H and O–H groups in total. The molecule has 182 valence electrons. The fraction of sp³-hybridized carbons (Fsp3) is 0.375. The molecule has 1 unspecified atom stereocenters. The van der Waals surface area contributed by atoms with Crippen LogP contribution in [0, 0.1) is 4.91 Å². The minimum Gasteiger partial charge on any atom is -0.444 e. The van der Waals surface area contributed by atoms with Gasteiger partial charge in [-0.05, 0) is 49.2 Å². The van der Waals surface area contributed by atoms with Crippen LogP contribution in [0.4, 0.5) is 10.5 Å². The number of amides is 3. The Kier molecular flexibility index (Phi) is 10.2. The molecule has 10 heteroatoms. The van der Waals surface area contributed by atoms with Gasteiger partial charge in [0.1, 0.15) is 17.3 Å². The van der Waals surface area contributed by atoms with Crippen molar-refractivity contribution in [3.05, 3.63) is 70.6 Å². The van der Waals surface area contributed by atoms with Crippen LogP contribution in [0.1, 0.15) is 31.9 Å². The third kappa shape index (κ3) is 10.2. The Morgan fingerprint density at radius 3 is 2.24 bits per heavy atom. The number of hydrogen-bond acceptors (Lipinski definition) is 7. The van der Waals surface area contributed by atoms with Crippen molar-refractivity contribution >= 4 is 23.6 Å². The van der Waals surface area contributed by atoms with E-state index in [-0.39, 0.29) is 26.3 Å². The molecule has 10 nitrogen and oxygen atoms in total. The fourth-order valence-electron chi connectivity index (χ4n) is 2.73. The summed E-state index contributed by atoms with van der Waals surface area (Å²) in [6, 6.07) is 14.7. The Morgan fingerprint density at radius 2 is 1.62 bits per heavy atom. The second-order valence-electron chi connectivity index (χ2n) is 8.45. The third-order valence-electron chi connectivity index (χ3n) is 4.36. The molecule has 0 aliphatic heterocycles. The van der Waals surface area contributed by atoms with Gasteiger partial charge in [0.15, 0.2) is 0 Å². The van der Waals surface area contributed by atoms with Gasteiger partial charge in [-0.3, -0.25) is 9.59 Å². The number of nitroso groups, excluding NO2 is 1. The smallest absolute Gasteiger partial charge is 0.408 e. The Morgan fingerprint density at radius 1 is 0.941 bits per heavy atom. The molecule has 3 amide bonds. The summed E-state index contributed by atoms with van der Waals surface area (Å²) in [6.45, 7) is 5.19. The van der Waals surface area contributed by atoms with Crippen LogP contribution < -0.4 is 16.0 Å². The van der Waals surface area contributed by atoms with Gasteiger partial charge in [-0.15, -0.1) is 4.91 Å². The first kappa shape index (κ1) is 26.5.